The maximum atomic E-state index is 11.9. The first-order valence-corrected chi connectivity index (χ1v) is 16.0. The average molecular weight is 533 g/mol. The predicted octanol–water partition coefficient (Wildman–Crippen LogP) is 10.7. The number of carboxylic acids is 1. The minimum atomic E-state index is -0.673. The summed E-state index contributed by atoms with van der Waals surface area (Å²) in [6.45, 7) is 2.74. The number of ether oxygens (including phenoxy) is 1. The summed E-state index contributed by atoms with van der Waals surface area (Å²) in [7, 11) is 0. The number of esters is 1. The van der Waals surface area contributed by atoms with Crippen LogP contribution in [0.3, 0.4) is 0 Å². The quantitative estimate of drug-likeness (QED) is 0.0591. The van der Waals surface area contributed by atoms with Crippen LogP contribution in [0.15, 0.2) is 36.5 Å². The van der Waals surface area contributed by atoms with Gasteiger partial charge in [0.2, 0.25) is 0 Å². The van der Waals surface area contributed by atoms with Gasteiger partial charge in [-0.1, -0.05) is 133 Å². The summed E-state index contributed by atoms with van der Waals surface area (Å²) in [6, 6.07) is 0. The number of hydrogen-bond donors (Lipinski definition) is 1. The smallest absolute Gasteiger partial charge is 0.305 e. The van der Waals surface area contributed by atoms with E-state index in [2.05, 4.69) is 43.4 Å². The van der Waals surface area contributed by atoms with Gasteiger partial charge in [-0.3, -0.25) is 9.59 Å². The third-order valence-electron chi connectivity index (χ3n) is 6.83. The summed E-state index contributed by atoms with van der Waals surface area (Å²) in [5.74, 6) is -0.694. The Morgan fingerprint density at radius 2 is 0.947 bits per heavy atom. The number of allylic oxidation sites excluding steroid dienone is 6. The van der Waals surface area contributed by atoms with Crippen LogP contribution >= 0.6 is 0 Å². The van der Waals surface area contributed by atoms with Gasteiger partial charge >= 0.3 is 11.9 Å². The molecule has 0 amide bonds. The van der Waals surface area contributed by atoms with E-state index in [-0.39, 0.29) is 5.97 Å². The molecule has 0 radical (unpaired) electrons. The average Bonchev–Trinajstić information content (AvgIpc) is 2.90. The van der Waals surface area contributed by atoms with Gasteiger partial charge in [-0.2, -0.15) is 0 Å². The minimum absolute atomic E-state index is 0.0203. The number of hydrogen-bond acceptors (Lipinski definition) is 3. The van der Waals surface area contributed by atoms with Crippen LogP contribution in [0.2, 0.25) is 0 Å². The van der Waals surface area contributed by atoms with Crippen molar-refractivity contribution in [3.05, 3.63) is 36.5 Å². The van der Waals surface area contributed by atoms with E-state index in [9.17, 15) is 9.59 Å². The summed E-state index contributed by atoms with van der Waals surface area (Å²) < 4.78 is 5.39. The van der Waals surface area contributed by atoms with Crippen molar-refractivity contribution < 1.29 is 19.4 Å². The molecular formula is C34H60O4. The fourth-order valence-electron chi connectivity index (χ4n) is 4.47. The highest BCUT2D eigenvalue weighted by molar-refractivity contribution is 5.69. The van der Waals surface area contributed by atoms with Gasteiger partial charge in [0.25, 0.3) is 0 Å². The van der Waals surface area contributed by atoms with Crippen LogP contribution in [0.1, 0.15) is 161 Å². The van der Waals surface area contributed by atoms with Gasteiger partial charge in [0.05, 0.1) is 6.61 Å². The summed E-state index contributed by atoms with van der Waals surface area (Å²) >= 11 is 0. The Kier molecular flexibility index (Phi) is 29.9. The molecule has 0 bridgehead atoms. The molecule has 38 heavy (non-hydrogen) atoms. The zero-order valence-corrected chi connectivity index (χ0v) is 24.8. The highest BCUT2D eigenvalue weighted by Gasteiger charge is 2.02. The van der Waals surface area contributed by atoms with Crippen LogP contribution < -0.4 is 0 Å². The van der Waals surface area contributed by atoms with Gasteiger partial charge in [-0.05, 0) is 51.4 Å². The predicted molar refractivity (Wildman–Crippen MR) is 162 cm³/mol. The summed E-state index contributed by atoms with van der Waals surface area (Å²) in [5.41, 5.74) is 0. The Bertz CT molecular complexity index is 606. The first-order chi connectivity index (χ1) is 18.7. The standard InChI is InChI=1S/C34H60O4/c1-2-3-4-5-6-7-8-9-10-13-16-19-22-25-28-31-34(37)38-32-29-26-23-20-17-14-11-12-15-18-21-24-27-30-33(35)36/h3-4,6-7,9-10H,2,5,8,11-32H2,1H3,(H,35,36)/b4-3-,7-6-,10-9-. The van der Waals surface area contributed by atoms with Crippen molar-refractivity contribution in [2.24, 2.45) is 0 Å². The zero-order chi connectivity index (χ0) is 27.8. The molecule has 0 rings (SSSR count). The Labute approximate surface area is 235 Å². The lowest BCUT2D eigenvalue weighted by atomic mass is 10.0. The number of carbonyl (C=O) groups is 2. The van der Waals surface area contributed by atoms with Crippen LogP contribution in [0.25, 0.3) is 0 Å². The van der Waals surface area contributed by atoms with Gasteiger partial charge in [0, 0.05) is 12.8 Å². The third kappa shape index (κ3) is 32.2. The Morgan fingerprint density at radius 3 is 1.47 bits per heavy atom. The molecule has 0 saturated heterocycles. The first kappa shape index (κ1) is 36.2. The van der Waals surface area contributed by atoms with E-state index >= 15 is 0 Å². The van der Waals surface area contributed by atoms with E-state index in [0.717, 1.165) is 64.2 Å². The van der Waals surface area contributed by atoms with Crippen molar-refractivity contribution >= 4 is 11.9 Å². The number of carbonyl (C=O) groups excluding carboxylic acids is 1. The molecule has 0 aliphatic heterocycles. The minimum Gasteiger partial charge on any atom is -0.481 e. The maximum absolute atomic E-state index is 11.9. The van der Waals surface area contributed by atoms with Crippen molar-refractivity contribution in [1.82, 2.24) is 0 Å². The summed E-state index contributed by atoms with van der Waals surface area (Å²) in [4.78, 5) is 22.3. The molecular weight excluding hydrogens is 472 g/mol. The van der Waals surface area contributed by atoms with E-state index in [1.54, 1.807) is 0 Å². The lowest BCUT2D eigenvalue weighted by molar-refractivity contribution is -0.144. The lowest BCUT2D eigenvalue weighted by Crippen LogP contribution is -2.05. The second-order valence-corrected chi connectivity index (χ2v) is 10.6. The molecule has 0 fully saturated rings. The molecule has 0 unspecified atom stereocenters. The molecule has 0 heterocycles. The summed E-state index contributed by atoms with van der Waals surface area (Å²) in [6.07, 6.45) is 39.9. The molecule has 0 aliphatic rings. The van der Waals surface area contributed by atoms with Crippen LogP contribution in [-0.2, 0) is 14.3 Å². The molecule has 0 aromatic heterocycles. The van der Waals surface area contributed by atoms with Crippen molar-refractivity contribution in [2.45, 2.75) is 161 Å². The molecule has 0 saturated carbocycles. The largest absolute Gasteiger partial charge is 0.481 e. The van der Waals surface area contributed by atoms with Crippen LogP contribution in [0, 0.1) is 0 Å². The van der Waals surface area contributed by atoms with Crippen LogP contribution in [0.5, 0.6) is 0 Å². The third-order valence-corrected chi connectivity index (χ3v) is 6.83. The molecule has 0 aromatic rings. The van der Waals surface area contributed by atoms with Gasteiger partial charge in [0.1, 0.15) is 0 Å². The zero-order valence-electron chi connectivity index (χ0n) is 24.8. The van der Waals surface area contributed by atoms with Crippen molar-refractivity contribution in [2.75, 3.05) is 6.61 Å². The molecule has 0 aromatic carbocycles. The van der Waals surface area contributed by atoms with Crippen LogP contribution in [-0.4, -0.2) is 23.7 Å². The van der Waals surface area contributed by atoms with E-state index in [0.29, 0.717) is 19.4 Å². The number of carboxylic acid groups (broad SMARTS) is 1. The van der Waals surface area contributed by atoms with Crippen molar-refractivity contribution in [1.29, 1.82) is 0 Å². The van der Waals surface area contributed by atoms with Gasteiger partial charge in [-0.25, -0.2) is 0 Å². The maximum Gasteiger partial charge on any atom is 0.305 e. The highest BCUT2D eigenvalue weighted by atomic mass is 16.5. The molecule has 1 N–H and O–H groups in total. The van der Waals surface area contributed by atoms with E-state index in [1.807, 2.05) is 0 Å². The van der Waals surface area contributed by atoms with E-state index in [4.69, 9.17) is 9.84 Å². The van der Waals surface area contributed by atoms with Gasteiger partial charge in [0.15, 0.2) is 0 Å². The monoisotopic (exact) mass is 532 g/mol. The molecule has 0 aliphatic carbocycles. The van der Waals surface area contributed by atoms with Crippen LogP contribution in [0.4, 0.5) is 0 Å². The fraction of sp³-hybridized carbons (Fsp3) is 0.765. The second-order valence-electron chi connectivity index (χ2n) is 10.6. The molecule has 4 nitrogen and oxygen atoms in total. The van der Waals surface area contributed by atoms with Gasteiger partial charge in [-0.15, -0.1) is 0 Å². The second kappa shape index (κ2) is 31.4. The highest BCUT2D eigenvalue weighted by Crippen LogP contribution is 2.13. The van der Waals surface area contributed by atoms with E-state index in [1.165, 1.54) is 77.0 Å². The Morgan fingerprint density at radius 1 is 0.526 bits per heavy atom. The fourth-order valence-corrected chi connectivity index (χ4v) is 4.47. The summed E-state index contributed by atoms with van der Waals surface area (Å²) in [5, 5.41) is 8.61. The number of aliphatic carboxylic acids is 1. The van der Waals surface area contributed by atoms with Crippen molar-refractivity contribution in [3.63, 3.8) is 0 Å². The van der Waals surface area contributed by atoms with Gasteiger partial charge < -0.3 is 9.84 Å². The normalized spacial score (nSPS) is 11.8. The Hall–Kier alpha value is -1.84. The Balaban J connectivity index is 3.25. The molecule has 0 spiro atoms. The van der Waals surface area contributed by atoms with Crippen molar-refractivity contribution in [3.8, 4) is 0 Å². The topological polar surface area (TPSA) is 63.6 Å². The number of unbranched alkanes of at least 4 members (excludes halogenated alkanes) is 17. The molecule has 0 atom stereocenters. The SMILES string of the molecule is CC/C=C\C/C=C\C/C=C\CCCCCCCC(=O)OCCCCCCCCCCCCCCCC(=O)O. The molecule has 4 heteroatoms. The number of rotatable bonds is 29. The first-order valence-electron chi connectivity index (χ1n) is 16.0. The molecule has 220 valence electrons. The lowest BCUT2D eigenvalue weighted by Gasteiger charge is -2.05. The van der Waals surface area contributed by atoms with E-state index < -0.39 is 5.97 Å².